The summed E-state index contributed by atoms with van der Waals surface area (Å²) in [4.78, 5) is 23.4. The van der Waals surface area contributed by atoms with Gasteiger partial charge in [0, 0.05) is 23.9 Å². The van der Waals surface area contributed by atoms with Gasteiger partial charge in [0.05, 0.1) is 5.56 Å². The Labute approximate surface area is 134 Å². The molecule has 0 bridgehead atoms. The first-order valence-electron chi connectivity index (χ1n) is 7.40. The summed E-state index contributed by atoms with van der Waals surface area (Å²) in [6.07, 6.45) is 6.16. The van der Waals surface area contributed by atoms with Crippen molar-refractivity contribution in [3.63, 3.8) is 0 Å². The molecule has 2 atom stereocenters. The van der Waals surface area contributed by atoms with E-state index in [2.05, 4.69) is 16.9 Å². The van der Waals surface area contributed by atoms with Crippen molar-refractivity contribution < 1.29 is 14.0 Å². The number of amides is 2. The van der Waals surface area contributed by atoms with Gasteiger partial charge in [-0.1, -0.05) is 6.42 Å². The lowest BCUT2D eigenvalue weighted by molar-refractivity contribution is -0.114. The fraction of sp³-hybridized carbons (Fsp3) is 0.500. The second-order valence-electron chi connectivity index (χ2n) is 5.57. The van der Waals surface area contributed by atoms with Gasteiger partial charge in [-0.3, -0.25) is 9.59 Å². The Morgan fingerprint density at radius 2 is 2.09 bits per heavy atom. The van der Waals surface area contributed by atoms with E-state index in [4.69, 9.17) is 0 Å². The van der Waals surface area contributed by atoms with Crippen molar-refractivity contribution in [2.75, 3.05) is 11.6 Å². The van der Waals surface area contributed by atoms with Crippen molar-refractivity contribution in [2.24, 2.45) is 0 Å². The predicted octanol–water partition coefficient (Wildman–Crippen LogP) is 3.19. The minimum Gasteiger partial charge on any atom is -0.349 e. The Balaban J connectivity index is 2.06. The lowest BCUT2D eigenvalue weighted by Crippen LogP contribution is -2.39. The molecule has 2 amide bonds. The average molecular weight is 324 g/mol. The fourth-order valence-electron chi connectivity index (χ4n) is 2.73. The minimum atomic E-state index is -0.580. The second kappa shape index (κ2) is 7.63. The van der Waals surface area contributed by atoms with Crippen LogP contribution >= 0.6 is 11.8 Å². The highest BCUT2D eigenvalue weighted by atomic mass is 32.2. The van der Waals surface area contributed by atoms with Crippen LogP contribution in [0.1, 0.15) is 43.0 Å². The number of thioether (sulfide) groups is 1. The average Bonchev–Trinajstić information content (AvgIpc) is 2.48. The van der Waals surface area contributed by atoms with Crippen LogP contribution in [0.15, 0.2) is 18.2 Å². The smallest absolute Gasteiger partial charge is 0.254 e. The molecule has 6 heteroatoms. The van der Waals surface area contributed by atoms with E-state index in [9.17, 15) is 14.0 Å². The molecule has 1 aromatic rings. The number of benzene rings is 1. The Kier molecular flexibility index (Phi) is 5.83. The third-order valence-corrected chi connectivity index (χ3v) is 4.92. The summed E-state index contributed by atoms with van der Waals surface area (Å²) in [5, 5.41) is 6.02. The Hall–Kier alpha value is -1.56. The van der Waals surface area contributed by atoms with E-state index in [0.29, 0.717) is 10.9 Å². The Bertz CT molecular complexity index is 565. The molecule has 1 aliphatic rings. The highest BCUT2D eigenvalue weighted by Crippen LogP contribution is 2.27. The highest BCUT2D eigenvalue weighted by molar-refractivity contribution is 7.99. The summed E-state index contributed by atoms with van der Waals surface area (Å²) >= 11 is 1.81. The first-order chi connectivity index (χ1) is 10.5. The first-order valence-corrected chi connectivity index (χ1v) is 8.69. The van der Waals surface area contributed by atoms with Gasteiger partial charge in [0.25, 0.3) is 5.91 Å². The molecule has 1 fully saturated rings. The molecule has 0 spiro atoms. The van der Waals surface area contributed by atoms with E-state index < -0.39 is 11.7 Å². The van der Waals surface area contributed by atoms with Gasteiger partial charge in [-0.2, -0.15) is 11.8 Å². The predicted molar refractivity (Wildman–Crippen MR) is 87.7 cm³/mol. The fourth-order valence-corrected chi connectivity index (χ4v) is 3.56. The van der Waals surface area contributed by atoms with Gasteiger partial charge >= 0.3 is 0 Å². The van der Waals surface area contributed by atoms with Crippen molar-refractivity contribution >= 4 is 29.3 Å². The lowest BCUT2D eigenvalue weighted by Gasteiger charge is -2.28. The van der Waals surface area contributed by atoms with Crippen LogP contribution in [0.4, 0.5) is 10.1 Å². The van der Waals surface area contributed by atoms with Gasteiger partial charge in [-0.25, -0.2) is 4.39 Å². The number of hydrogen-bond donors (Lipinski definition) is 2. The number of nitrogens with one attached hydrogen (secondary N) is 2. The van der Waals surface area contributed by atoms with Gasteiger partial charge in [0.15, 0.2) is 0 Å². The molecule has 0 saturated heterocycles. The van der Waals surface area contributed by atoms with Crippen LogP contribution in [-0.4, -0.2) is 29.4 Å². The van der Waals surface area contributed by atoms with Crippen LogP contribution < -0.4 is 10.6 Å². The maximum atomic E-state index is 13.9. The first kappa shape index (κ1) is 16.8. The van der Waals surface area contributed by atoms with Crippen LogP contribution in [0.2, 0.25) is 0 Å². The van der Waals surface area contributed by atoms with Crippen molar-refractivity contribution in [3.05, 3.63) is 29.6 Å². The van der Waals surface area contributed by atoms with Crippen LogP contribution in [0.25, 0.3) is 0 Å². The number of hydrogen-bond acceptors (Lipinski definition) is 3. The van der Waals surface area contributed by atoms with Crippen molar-refractivity contribution in [1.29, 1.82) is 0 Å². The van der Waals surface area contributed by atoms with Crippen molar-refractivity contribution in [3.8, 4) is 0 Å². The largest absolute Gasteiger partial charge is 0.349 e. The molecular formula is C16H21FN2O2S. The topological polar surface area (TPSA) is 58.2 Å². The monoisotopic (exact) mass is 324 g/mol. The van der Waals surface area contributed by atoms with Gasteiger partial charge in [0.1, 0.15) is 5.82 Å². The summed E-state index contributed by atoms with van der Waals surface area (Å²) in [5.41, 5.74) is 0.391. The molecule has 1 aliphatic carbocycles. The van der Waals surface area contributed by atoms with Gasteiger partial charge in [-0.05, 0) is 43.7 Å². The van der Waals surface area contributed by atoms with Crippen molar-refractivity contribution in [2.45, 2.75) is 43.9 Å². The number of carbonyl (C=O) groups is 2. The Morgan fingerprint density at radius 3 is 2.77 bits per heavy atom. The van der Waals surface area contributed by atoms with Gasteiger partial charge in [0.2, 0.25) is 5.91 Å². The van der Waals surface area contributed by atoms with E-state index >= 15 is 0 Å². The summed E-state index contributed by atoms with van der Waals surface area (Å²) < 4.78 is 13.9. The number of carbonyl (C=O) groups excluding carboxylic acids is 2. The third-order valence-electron chi connectivity index (χ3n) is 3.83. The van der Waals surface area contributed by atoms with E-state index in [0.717, 1.165) is 19.3 Å². The lowest BCUT2D eigenvalue weighted by atomic mass is 9.94. The zero-order chi connectivity index (χ0) is 16.1. The van der Waals surface area contributed by atoms with Crippen LogP contribution in [0.5, 0.6) is 0 Å². The minimum absolute atomic E-state index is 0.0301. The van der Waals surface area contributed by atoms with Crippen molar-refractivity contribution in [1.82, 2.24) is 5.32 Å². The molecule has 22 heavy (non-hydrogen) atoms. The molecule has 1 saturated carbocycles. The quantitative estimate of drug-likeness (QED) is 0.894. The van der Waals surface area contributed by atoms with E-state index in [1.54, 1.807) is 0 Å². The van der Waals surface area contributed by atoms with Crippen LogP contribution in [-0.2, 0) is 4.79 Å². The molecule has 1 aromatic carbocycles. The van der Waals surface area contributed by atoms with Gasteiger partial charge < -0.3 is 10.6 Å². The third kappa shape index (κ3) is 4.47. The molecular weight excluding hydrogens is 303 g/mol. The summed E-state index contributed by atoms with van der Waals surface area (Å²) in [6.45, 7) is 1.37. The normalized spacial score (nSPS) is 21.2. The van der Waals surface area contributed by atoms with E-state index in [1.807, 2.05) is 11.8 Å². The maximum absolute atomic E-state index is 13.9. The molecule has 2 rings (SSSR count). The highest BCUT2D eigenvalue weighted by Gasteiger charge is 2.24. The van der Waals surface area contributed by atoms with Crippen LogP contribution in [0.3, 0.4) is 0 Å². The number of anilines is 1. The number of rotatable bonds is 4. The molecule has 2 unspecified atom stereocenters. The molecule has 0 aromatic heterocycles. The zero-order valence-corrected chi connectivity index (χ0v) is 13.6. The summed E-state index contributed by atoms with van der Waals surface area (Å²) in [6, 6.07) is 4.10. The SMILES string of the molecule is CSC1CCCC(NC(=O)c2cc(NC(C)=O)ccc2F)C1. The molecule has 0 aliphatic heterocycles. The van der Waals surface area contributed by atoms with Gasteiger partial charge in [-0.15, -0.1) is 0 Å². The standard InChI is InChI=1S/C16H21FN2O2S/c1-10(20)18-12-6-7-15(17)14(9-12)16(21)19-11-4-3-5-13(8-11)22-2/h6-7,9,11,13H,3-5,8H2,1-2H3,(H,18,20)(H,19,21). The molecule has 0 heterocycles. The Morgan fingerprint density at radius 1 is 1.32 bits per heavy atom. The second-order valence-corrected chi connectivity index (χ2v) is 6.71. The molecule has 0 radical (unpaired) electrons. The maximum Gasteiger partial charge on any atom is 0.254 e. The molecule has 4 nitrogen and oxygen atoms in total. The van der Waals surface area contributed by atoms with Crippen LogP contribution in [0, 0.1) is 5.82 Å². The van der Waals surface area contributed by atoms with E-state index in [1.165, 1.54) is 31.5 Å². The number of halogens is 1. The molecule has 2 N–H and O–H groups in total. The van der Waals surface area contributed by atoms with E-state index in [-0.39, 0.29) is 17.5 Å². The summed E-state index contributed by atoms with van der Waals surface area (Å²) in [5.74, 6) is -1.26. The molecule has 120 valence electrons. The summed E-state index contributed by atoms with van der Waals surface area (Å²) in [7, 11) is 0. The zero-order valence-electron chi connectivity index (χ0n) is 12.8.